The van der Waals surface area contributed by atoms with Gasteiger partial charge in [-0.05, 0) is 48.9 Å². The van der Waals surface area contributed by atoms with Crippen molar-refractivity contribution in [1.82, 2.24) is 10.3 Å². The van der Waals surface area contributed by atoms with Crippen molar-refractivity contribution < 1.29 is 22.0 Å². The van der Waals surface area contributed by atoms with Crippen LogP contribution in [-0.2, 0) is 16.6 Å². The molecule has 1 amide bonds. The lowest BCUT2D eigenvalue weighted by atomic mass is 10.2. The van der Waals surface area contributed by atoms with Gasteiger partial charge in [0.2, 0.25) is 0 Å². The number of carbonyl (C=O) groups is 1. The molecule has 10 heteroatoms. The summed E-state index contributed by atoms with van der Waals surface area (Å²) in [5.74, 6) is -1.35. The Bertz CT molecular complexity index is 1100. The van der Waals surface area contributed by atoms with Crippen molar-refractivity contribution in [2.75, 3.05) is 4.72 Å². The summed E-state index contributed by atoms with van der Waals surface area (Å²) in [7, 11) is -3.95. The number of aromatic nitrogens is 1. The van der Waals surface area contributed by atoms with E-state index in [4.69, 9.17) is 0 Å². The molecular formula is C18H15F2N3O3S2. The summed E-state index contributed by atoms with van der Waals surface area (Å²) in [6.07, 6.45) is 0. The van der Waals surface area contributed by atoms with Gasteiger partial charge in [0.1, 0.15) is 16.5 Å². The van der Waals surface area contributed by atoms with Crippen molar-refractivity contribution in [3.05, 3.63) is 76.3 Å². The monoisotopic (exact) mass is 423 g/mol. The average molecular weight is 423 g/mol. The van der Waals surface area contributed by atoms with Gasteiger partial charge in [0, 0.05) is 6.54 Å². The minimum atomic E-state index is -3.95. The lowest BCUT2D eigenvalue weighted by molar-refractivity contribution is 0.0954. The van der Waals surface area contributed by atoms with Crippen LogP contribution >= 0.6 is 11.3 Å². The molecule has 1 heterocycles. The van der Waals surface area contributed by atoms with Gasteiger partial charge in [0.25, 0.3) is 15.9 Å². The second-order valence-corrected chi connectivity index (χ2v) is 8.48. The molecule has 0 spiro atoms. The van der Waals surface area contributed by atoms with Gasteiger partial charge in [-0.25, -0.2) is 22.2 Å². The van der Waals surface area contributed by atoms with Gasteiger partial charge >= 0.3 is 0 Å². The fourth-order valence-corrected chi connectivity index (χ4v) is 4.42. The molecule has 28 heavy (non-hydrogen) atoms. The highest BCUT2D eigenvalue weighted by atomic mass is 32.2. The van der Waals surface area contributed by atoms with Crippen LogP contribution < -0.4 is 10.0 Å². The maximum atomic E-state index is 13.0. The minimum Gasteiger partial charge on any atom is -0.347 e. The van der Waals surface area contributed by atoms with Crippen LogP contribution in [-0.4, -0.2) is 19.3 Å². The van der Waals surface area contributed by atoms with E-state index >= 15 is 0 Å². The van der Waals surface area contributed by atoms with Gasteiger partial charge in [0.05, 0.1) is 10.6 Å². The number of nitrogens with one attached hydrogen (secondary N) is 2. The van der Waals surface area contributed by atoms with Gasteiger partial charge in [-0.15, -0.1) is 0 Å². The van der Waals surface area contributed by atoms with Crippen LogP contribution in [0.15, 0.2) is 53.4 Å². The smallest absolute Gasteiger partial charge is 0.263 e. The Morgan fingerprint density at radius 2 is 1.61 bits per heavy atom. The summed E-state index contributed by atoms with van der Waals surface area (Å²) < 4.78 is 52.9. The van der Waals surface area contributed by atoms with E-state index in [-0.39, 0.29) is 27.3 Å². The molecule has 1 aromatic heterocycles. The van der Waals surface area contributed by atoms with E-state index in [0.29, 0.717) is 11.3 Å². The summed E-state index contributed by atoms with van der Waals surface area (Å²) in [5.41, 5.74) is 1.08. The fraction of sp³-hybridized carbons (Fsp3) is 0.111. The third-order valence-corrected chi connectivity index (χ3v) is 6.27. The number of hydrogen-bond donors (Lipinski definition) is 2. The van der Waals surface area contributed by atoms with Gasteiger partial charge in [-0.1, -0.05) is 23.5 Å². The Labute approximate surface area is 164 Å². The molecule has 0 bridgehead atoms. The van der Waals surface area contributed by atoms with Gasteiger partial charge in [0.15, 0.2) is 5.13 Å². The molecule has 0 unspecified atom stereocenters. The first-order chi connectivity index (χ1) is 13.2. The van der Waals surface area contributed by atoms with Crippen molar-refractivity contribution in [2.45, 2.75) is 18.4 Å². The first-order valence-corrected chi connectivity index (χ1v) is 10.3. The third-order valence-electron chi connectivity index (χ3n) is 3.71. The fourth-order valence-electron chi connectivity index (χ4n) is 2.30. The highest BCUT2D eigenvalue weighted by Gasteiger charge is 2.20. The number of hydrogen-bond acceptors (Lipinski definition) is 5. The second kappa shape index (κ2) is 8.03. The van der Waals surface area contributed by atoms with E-state index in [2.05, 4.69) is 15.0 Å². The number of carbonyl (C=O) groups excluding carboxylic acids is 1. The molecule has 0 aliphatic heterocycles. The van der Waals surface area contributed by atoms with Crippen LogP contribution in [0.4, 0.5) is 13.9 Å². The van der Waals surface area contributed by atoms with Gasteiger partial charge < -0.3 is 5.32 Å². The first-order valence-electron chi connectivity index (χ1n) is 8.03. The number of nitrogens with zero attached hydrogens (tertiary/aromatic N) is 1. The minimum absolute atomic E-state index is 0.0220. The Kier molecular flexibility index (Phi) is 5.71. The first kappa shape index (κ1) is 19.9. The van der Waals surface area contributed by atoms with Crippen molar-refractivity contribution >= 4 is 32.4 Å². The SMILES string of the molecule is Cc1nc(NS(=O)(=O)c2ccc(F)cc2)sc1C(=O)NCc1ccc(F)cc1. The van der Waals surface area contributed by atoms with Crippen LogP contribution in [0, 0.1) is 18.6 Å². The van der Waals surface area contributed by atoms with Crippen LogP contribution in [0.2, 0.25) is 0 Å². The number of anilines is 1. The second-order valence-electron chi connectivity index (χ2n) is 5.80. The predicted octanol–water partition coefficient (Wildman–Crippen LogP) is 3.46. The predicted molar refractivity (Wildman–Crippen MR) is 102 cm³/mol. The average Bonchev–Trinajstić information content (AvgIpc) is 3.01. The van der Waals surface area contributed by atoms with E-state index in [1.807, 2.05) is 0 Å². The molecule has 3 rings (SSSR count). The normalized spacial score (nSPS) is 11.2. The molecule has 146 valence electrons. The summed E-state index contributed by atoms with van der Waals surface area (Å²) in [6.45, 7) is 1.77. The third kappa shape index (κ3) is 4.70. The van der Waals surface area contributed by atoms with E-state index in [1.165, 1.54) is 12.1 Å². The molecule has 2 N–H and O–H groups in total. The van der Waals surface area contributed by atoms with E-state index < -0.39 is 21.7 Å². The summed E-state index contributed by atoms with van der Waals surface area (Å²) in [6, 6.07) is 10.0. The molecule has 0 fully saturated rings. The maximum Gasteiger partial charge on any atom is 0.263 e. The standard InChI is InChI=1S/C18H15F2N3O3S2/c1-11-16(17(24)21-10-12-2-4-13(19)5-3-12)27-18(22-11)23-28(25,26)15-8-6-14(20)7-9-15/h2-9H,10H2,1H3,(H,21,24)(H,22,23). The van der Waals surface area contributed by atoms with Crippen LogP contribution in [0.25, 0.3) is 0 Å². The number of halogens is 2. The zero-order chi connectivity index (χ0) is 20.3. The quantitative estimate of drug-likeness (QED) is 0.636. The lowest BCUT2D eigenvalue weighted by Crippen LogP contribution is -2.22. The molecule has 0 saturated carbocycles. The lowest BCUT2D eigenvalue weighted by Gasteiger charge is -2.05. The van der Waals surface area contributed by atoms with Crippen LogP contribution in [0.3, 0.4) is 0 Å². The van der Waals surface area contributed by atoms with Crippen molar-refractivity contribution in [2.24, 2.45) is 0 Å². The van der Waals surface area contributed by atoms with Gasteiger partial charge in [-0.2, -0.15) is 0 Å². The van der Waals surface area contributed by atoms with E-state index in [0.717, 1.165) is 35.6 Å². The number of sulfonamides is 1. The molecule has 0 aliphatic rings. The largest absolute Gasteiger partial charge is 0.347 e. The Morgan fingerprint density at radius 3 is 2.21 bits per heavy atom. The highest BCUT2D eigenvalue weighted by Crippen LogP contribution is 2.25. The molecule has 0 aliphatic carbocycles. The zero-order valence-corrected chi connectivity index (χ0v) is 16.2. The van der Waals surface area contributed by atoms with Crippen LogP contribution in [0.1, 0.15) is 20.9 Å². The van der Waals surface area contributed by atoms with Crippen molar-refractivity contribution in [3.63, 3.8) is 0 Å². The van der Waals surface area contributed by atoms with Gasteiger partial charge in [-0.3, -0.25) is 9.52 Å². The zero-order valence-electron chi connectivity index (χ0n) is 14.6. The molecule has 0 atom stereocenters. The van der Waals surface area contributed by atoms with Crippen LogP contribution in [0.5, 0.6) is 0 Å². The number of amides is 1. The topological polar surface area (TPSA) is 88.2 Å². The molecular weight excluding hydrogens is 408 g/mol. The summed E-state index contributed by atoms with van der Waals surface area (Å²) >= 11 is 0.882. The molecule has 0 radical (unpaired) electrons. The Hall–Kier alpha value is -2.85. The molecule has 2 aromatic carbocycles. The van der Waals surface area contributed by atoms with E-state index in [1.54, 1.807) is 19.1 Å². The number of benzene rings is 2. The Balaban J connectivity index is 1.70. The van der Waals surface area contributed by atoms with Crippen molar-refractivity contribution in [1.29, 1.82) is 0 Å². The number of thiazole rings is 1. The molecule has 3 aromatic rings. The highest BCUT2D eigenvalue weighted by molar-refractivity contribution is 7.93. The Morgan fingerprint density at radius 1 is 1.04 bits per heavy atom. The van der Waals surface area contributed by atoms with E-state index in [9.17, 15) is 22.0 Å². The summed E-state index contributed by atoms with van der Waals surface area (Å²) in [5, 5.41) is 2.70. The number of rotatable bonds is 6. The maximum absolute atomic E-state index is 13.0. The number of aryl methyl sites for hydroxylation is 1. The van der Waals surface area contributed by atoms with Crippen molar-refractivity contribution in [3.8, 4) is 0 Å². The molecule has 6 nitrogen and oxygen atoms in total. The molecule has 0 saturated heterocycles. The summed E-state index contributed by atoms with van der Waals surface area (Å²) in [4.78, 5) is 16.6.